The molecule has 1 aliphatic carbocycles. The highest BCUT2D eigenvalue weighted by Crippen LogP contribution is 2.52. The Hall–Kier alpha value is -0.170. The predicted molar refractivity (Wildman–Crippen MR) is 69.7 cm³/mol. The number of nitrogens with two attached hydrogens (primary N) is 1. The van der Waals surface area contributed by atoms with Crippen LogP contribution in [0.5, 0.6) is 0 Å². The zero-order chi connectivity index (χ0) is 13.6. The van der Waals surface area contributed by atoms with Crippen molar-refractivity contribution in [2.75, 3.05) is 0 Å². The summed E-state index contributed by atoms with van der Waals surface area (Å²) in [6, 6.07) is -0.282. The molecule has 0 aliphatic heterocycles. The third-order valence-electron chi connectivity index (χ3n) is 3.76. The molecule has 0 bridgehead atoms. The Balaban J connectivity index is 2.83. The van der Waals surface area contributed by atoms with E-state index in [9.17, 15) is 8.42 Å². The summed E-state index contributed by atoms with van der Waals surface area (Å²) in [6.07, 6.45) is 0. The topological polar surface area (TPSA) is 84.2 Å². The first-order chi connectivity index (χ1) is 7.41. The maximum absolute atomic E-state index is 11.9. The second-order valence-corrected chi connectivity index (χ2v) is 7.93. The van der Waals surface area contributed by atoms with Crippen LogP contribution in [0.4, 0.5) is 0 Å². The van der Waals surface area contributed by atoms with Crippen LogP contribution in [0.25, 0.3) is 0 Å². The van der Waals surface area contributed by atoms with Gasteiger partial charge in [-0.05, 0) is 24.7 Å². The van der Waals surface area contributed by atoms with Crippen LogP contribution in [0.1, 0.15) is 41.5 Å². The van der Waals surface area contributed by atoms with Gasteiger partial charge in [0, 0.05) is 18.1 Å². The molecule has 4 N–H and O–H groups in total. The molecule has 0 saturated heterocycles. The van der Waals surface area contributed by atoms with Crippen molar-refractivity contribution in [1.29, 1.82) is 0 Å². The van der Waals surface area contributed by atoms with Crippen LogP contribution in [-0.2, 0) is 10.2 Å². The fourth-order valence-electron chi connectivity index (χ4n) is 2.98. The van der Waals surface area contributed by atoms with Crippen LogP contribution in [0, 0.1) is 10.8 Å². The molecule has 1 rings (SSSR count). The molecule has 1 saturated carbocycles. The molecular formula is C11H25N3O2S. The average molecular weight is 263 g/mol. The van der Waals surface area contributed by atoms with Crippen molar-refractivity contribution in [3.63, 3.8) is 0 Å². The lowest BCUT2D eigenvalue weighted by Crippen LogP contribution is -2.76. The lowest BCUT2D eigenvalue weighted by atomic mass is 9.49. The summed E-state index contributed by atoms with van der Waals surface area (Å²) in [5.41, 5.74) is 5.64. The second-order valence-electron chi connectivity index (χ2n) is 6.45. The molecule has 6 heteroatoms. The van der Waals surface area contributed by atoms with Crippen molar-refractivity contribution in [1.82, 2.24) is 9.44 Å². The van der Waals surface area contributed by atoms with Gasteiger partial charge in [0.05, 0.1) is 0 Å². The fourth-order valence-corrected chi connectivity index (χ4v) is 4.59. The van der Waals surface area contributed by atoms with Crippen molar-refractivity contribution < 1.29 is 8.42 Å². The fraction of sp³-hybridized carbons (Fsp3) is 1.00. The molecule has 102 valence electrons. The Bertz CT molecular complexity index is 372. The third-order valence-corrected chi connectivity index (χ3v) is 5.08. The van der Waals surface area contributed by atoms with Gasteiger partial charge in [-0.1, -0.05) is 27.7 Å². The van der Waals surface area contributed by atoms with E-state index in [1.54, 1.807) is 13.8 Å². The maximum Gasteiger partial charge on any atom is 0.277 e. The first-order valence-electron chi connectivity index (χ1n) is 5.96. The summed E-state index contributed by atoms with van der Waals surface area (Å²) in [5, 5.41) is 0. The summed E-state index contributed by atoms with van der Waals surface area (Å²) >= 11 is 0. The highest BCUT2D eigenvalue weighted by atomic mass is 32.2. The van der Waals surface area contributed by atoms with Gasteiger partial charge in [0.1, 0.15) is 0 Å². The van der Waals surface area contributed by atoms with Crippen LogP contribution in [0.15, 0.2) is 0 Å². The van der Waals surface area contributed by atoms with Crippen molar-refractivity contribution >= 4 is 10.2 Å². The molecule has 0 aromatic carbocycles. The summed E-state index contributed by atoms with van der Waals surface area (Å²) in [6.45, 7) is 11.6. The van der Waals surface area contributed by atoms with E-state index in [2.05, 4.69) is 9.44 Å². The molecule has 0 radical (unpaired) electrons. The molecule has 17 heavy (non-hydrogen) atoms. The number of hydrogen-bond donors (Lipinski definition) is 3. The Labute approximate surface area is 105 Å². The summed E-state index contributed by atoms with van der Waals surface area (Å²) in [4.78, 5) is 0. The van der Waals surface area contributed by atoms with Crippen molar-refractivity contribution in [2.45, 2.75) is 59.7 Å². The summed E-state index contributed by atoms with van der Waals surface area (Å²) in [7, 11) is -3.46. The monoisotopic (exact) mass is 263 g/mol. The van der Waals surface area contributed by atoms with Crippen LogP contribution in [-0.4, -0.2) is 26.5 Å². The van der Waals surface area contributed by atoms with E-state index in [-0.39, 0.29) is 29.0 Å². The Morgan fingerprint density at radius 2 is 1.53 bits per heavy atom. The van der Waals surface area contributed by atoms with Crippen molar-refractivity contribution in [3.05, 3.63) is 0 Å². The standard InChI is InChI=1S/C11H25N3O2S/c1-7(2)13-17(15,16)14-9-10(3,4)8(12)11(9,5)6/h7-9,13-14H,12H2,1-6H3. The van der Waals surface area contributed by atoms with Gasteiger partial charge in [0.15, 0.2) is 0 Å². The van der Waals surface area contributed by atoms with E-state index in [0.717, 1.165) is 0 Å². The molecule has 0 heterocycles. The largest absolute Gasteiger partial charge is 0.327 e. The molecule has 0 amide bonds. The molecule has 5 nitrogen and oxygen atoms in total. The lowest BCUT2D eigenvalue weighted by Gasteiger charge is -2.62. The van der Waals surface area contributed by atoms with Crippen molar-refractivity contribution in [3.8, 4) is 0 Å². The van der Waals surface area contributed by atoms with Gasteiger partial charge >= 0.3 is 0 Å². The normalized spacial score (nSPS) is 31.3. The minimum absolute atomic E-state index is 0.0123. The molecule has 0 aromatic rings. The molecular weight excluding hydrogens is 238 g/mol. The van der Waals surface area contributed by atoms with Crippen molar-refractivity contribution in [2.24, 2.45) is 16.6 Å². The molecule has 0 spiro atoms. The van der Waals surface area contributed by atoms with Gasteiger partial charge in [-0.15, -0.1) is 0 Å². The van der Waals surface area contributed by atoms with Crippen LogP contribution < -0.4 is 15.2 Å². The highest BCUT2D eigenvalue weighted by molar-refractivity contribution is 7.87. The third kappa shape index (κ3) is 2.65. The van der Waals surface area contributed by atoms with E-state index >= 15 is 0 Å². The minimum Gasteiger partial charge on any atom is -0.327 e. The van der Waals surface area contributed by atoms with Gasteiger partial charge in [0.2, 0.25) is 0 Å². The Morgan fingerprint density at radius 1 is 1.12 bits per heavy atom. The van der Waals surface area contributed by atoms with Gasteiger partial charge in [-0.25, -0.2) is 0 Å². The van der Waals surface area contributed by atoms with Crippen LogP contribution >= 0.6 is 0 Å². The van der Waals surface area contributed by atoms with E-state index in [0.29, 0.717) is 0 Å². The van der Waals surface area contributed by atoms with Gasteiger partial charge < -0.3 is 5.73 Å². The first-order valence-corrected chi connectivity index (χ1v) is 7.44. The molecule has 1 fully saturated rings. The average Bonchev–Trinajstić information content (AvgIpc) is 2.10. The molecule has 0 unspecified atom stereocenters. The maximum atomic E-state index is 11.9. The number of nitrogens with one attached hydrogen (secondary N) is 2. The van der Waals surface area contributed by atoms with Gasteiger partial charge in [0.25, 0.3) is 10.2 Å². The SMILES string of the molecule is CC(C)NS(=O)(=O)NC1C(C)(C)C(N)C1(C)C. The minimum atomic E-state index is -3.46. The summed E-state index contributed by atoms with van der Waals surface area (Å²) < 4.78 is 29.0. The first kappa shape index (κ1) is 14.9. The molecule has 0 atom stereocenters. The quantitative estimate of drug-likeness (QED) is 0.693. The Kier molecular flexibility index (Phi) is 3.67. The second kappa shape index (κ2) is 4.19. The van der Waals surface area contributed by atoms with Gasteiger partial charge in [-0.2, -0.15) is 17.9 Å². The zero-order valence-corrected chi connectivity index (χ0v) is 12.4. The van der Waals surface area contributed by atoms with Crippen LogP contribution in [0.3, 0.4) is 0 Å². The summed E-state index contributed by atoms with van der Waals surface area (Å²) in [5.74, 6) is 0. The van der Waals surface area contributed by atoms with Crippen LogP contribution in [0.2, 0.25) is 0 Å². The van der Waals surface area contributed by atoms with E-state index in [1.807, 2.05) is 27.7 Å². The molecule has 0 aromatic heterocycles. The lowest BCUT2D eigenvalue weighted by molar-refractivity contribution is -0.0595. The van der Waals surface area contributed by atoms with E-state index < -0.39 is 10.2 Å². The van der Waals surface area contributed by atoms with E-state index in [1.165, 1.54) is 0 Å². The molecule has 1 aliphatic rings. The number of rotatable bonds is 4. The van der Waals surface area contributed by atoms with E-state index in [4.69, 9.17) is 5.73 Å². The number of hydrogen-bond acceptors (Lipinski definition) is 3. The highest BCUT2D eigenvalue weighted by Gasteiger charge is 2.60. The predicted octanol–water partition coefficient (Wildman–Crippen LogP) is 0.581. The Morgan fingerprint density at radius 3 is 1.88 bits per heavy atom. The van der Waals surface area contributed by atoms with Gasteiger partial charge in [-0.3, -0.25) is 0 Å². The smallest absolute Gasteiger partial charge is 0.277 e. The zero-order valence-electron chi connectivity index (χ0n) is 11.5.